The van der Waals surface area contributed by atoms with Crippen molar-refractivity contribution >= 4 is 30.0 Å². The van der Waals surface area contributed by atoms with Crippen LogP contribution in [0.2, 0.25) is 0 Å². The molecule has 3 atom stereocenters. The molecule has 0 aliphatic carbocycles. The fourth-order valence-electron chi connectivity index (χ4n) is 6.65. The molecule has 13 nitrogen and oxygen atoms in total. The Hall–Kier alpha value is -5.59. The Bertz CT molecular complexity index is 1860. The summed E-state index contributed by atoms with van der Waals surface area (Å²) >= 11 is 0. The zero-order chi connectivity index (χ0) is 43.7. The average molecular weight is 829 g/mol. The van der Waals surface area contributed by atoms with Gasteiger partial charge in [-0.05, 0) is 127 Å². The minimum absolute atomic E-state index is 0.00178. The number of benzene rings is 3. The number of esters is 1. The summed E-state index contributed by atoms with van der Waals surface area (Å²) in [5.41, 5.74) is 2.39. The van der Waals surface area contributed by atoms with Crippen LogP contribution in [0.5, 0.6) is 5.75 Å². The molecule has 1 aliphatic rings. The number of amides is 4. The number of nitrogens with one attached hydrogen (secondary N) is 3. The molecular weight excluding hydrogens is 765 g/mol. The Morgan fingerprint density at radius 1 is 0.783 bits per heavy atom. The maximum absolute atomic E-state index is 13.9. The number of carbonyl (C=O) groups is 5. The lowest BCUT2D eigenvalue weighted by Gasteiger charge is -2.24. The van der Waals surface area contributed by atoms with E-state index in [1.54, 1.807) is 25.7 Å². The van der Waals surface area contributed by atoms with Gasteiger partial charge in [0.15, 0.2) is 0 Å². The summed E-state index contributed by atoms with van der Waals surface area (Å²) in [6.07, 6.45) is 1.76. The Morgan fingerprint density at radius 2 is 1.43 bits per heavy atom. The highest BCUT2D eigenvalue weighted by Crippen LogP contribution is 2.24. The van der Waals surface area contributed by atoms with Crippen molar-refractivity contribution in [1.82, 2.24) is 20.9 Å². The fourth-order valence-corrected chi connectivity index (χ4v) is 6.65. The quantitative estimate of drug-likeness (QED) is 0.0818. The first kappa shape index (κ1) is 47.1. The first-order valence-corrected chi connectivity index (χ1v) is 21.0. The van der Waals surface area contributed by atoms with Gasteiger partial charge in [-0.1, -0.05) is 66.7 Å². The minimum atomic E-state index is -1.09. The number of rotatable bonds is 19. The molecule has 1 heterocycles. The number of alkyl carbamates (subject to hydrolysis) is 1. The van der Waals surface area contributed by atoms with E-state index in [1.165, 1.54) is 0 Å². The van der Waals surface area contributed by atoms with Crippen molar-refractivity contribution in [2.45, 2.75) is 130 Å². The van der Waals surface area contributed by atoms with Crippen LogP contribution in [0.3, 0.4) is 0 Å². The second-order valence-corrected chi connectivity index (χ2v) is 17.3. The third-order valence-corrected chi connectivity index (χ3v) is 9.82. The Kier molecular flexibility index (Phi) is 17.8. The summed E-state index contributed by atoms with van der Waals surface area (Å²) in [6, 6.07) is 22.5. The van der Waals surface area contributed by atoms with Gasteiger partial charge in [0.2, 0.25) is 11.8 Å². The molecule has 1 aliphatic heterocycles. The van der Waals surface area contributed by atoms with Gasteiger partial charge in [0.05, 0.1) is 6.61 Å². The van der Waals surface area contributed by atoms with Crippen molar-refractivity contribution in [3.05, 3.63) is 101 Å². The number of nitrogens with zero attached hydrogens (tertiary/aromatic N) is 1. The molecule has 13 heteroatoms. The van der Waals surface area contributed by atoms with Crippen molar-refractivity contribution in [1.29, 1.82) is 0 Å². The Morgan fingerprint density at radius 3 is 2.10 bits per heavy atom. The van der Waals surface area contributed by atoms with E-state index in [1.807, 2.05) is 107 Å². The van der Waals surface area contributed by atoms with Gasteiger partial charge >= 0.3 is 18.2 Å². The molecule has 0 saturated carbocycles. The lowest BCUT2D eigenvalue weighted by molar-refractivity contribution is -0.155. The number of likely N-dealkylation sites (tertiary alicyclic amines) is 1. The van der Waals surface area contributed by atoms with Gasteiger partial charge in [-0.15, -0.1) is 0 Å². The van der Waals surface area contributed by atoms with E-state index in [4.69, 9.17) is 18.9 Å². The van der Waals surface area contributed by atoms with E-state index < -0.39 is 41.3 Å². The van der Waals surface area contributed by atoms with Gasteiger partial charge in [0.1, 0.15) is 35.6 Å². The van der Waals surface area contributed by atoms with Crippen LogP contribution in [0, 0.1) is 12.8 Å². The first-order valence-electron chi connectivity index (χ1n) is 21.0. The molecule has 1 saturated heterocycles. The van der Waals surface area contributed by atoms with Gasteiger partial charge in [-0.25, -0.2) is 9.59 Å². The summed E-state index contributed by atoms with van der Waals surface area (Å²) in [6.45, 7) is 14.8. The fraction of sp³-hybridized carbons (Fsp3) is 0.511. The molecule has 3 aromatic rings. The summed E-state index contributed by atoms with van der Waals surface area (Å²) in [7, 11) is 0. The van der Waals surface area contributed by atoms with Crippen molar-refractivity contribution in [3.8, 4) is 5.75 Å². The lowest BCUT2D eigenvalue weighted by Crippen LogP contribution is -2.53. The van der Waals surface area contributed by atoms with Gasteiger partial charge in [-0.2, -0.15) is 0 Å². The monoisotopic (exact) mass is 828 g/mol. The first-order chi connectivity index (χ1) is 28.4. The molecule has 3 N–H and O–H groups in total. The van der Waals surface area contributed by atoms with Crippen molar-refractivity contribution in [2.75, 3.05) is 19.7 Å². The molecule has 1 fully saturated rings. The maximum Gasteiger partial charge on any atom is 0.410 e. The lowest BCUT2D eigenvalue weighted by atomic mass is 10.0. The molecule has 0 bridgehead atoms. The van der Waals surface area contributed by atoms with Crippen molar-refractivity contribution < 1.29 is 42.9 Å². The van der Waals surface area contributed by atoms with Crippen LogP contribution < -0.4 is 20.7 Å². The van der Waals surface area contributed by atoms with E-state index in [0.29, 0.717) is 44.2 Å². The van der Waals surface area contributed by atoms with Crippen LogP contribution in [0.1, 0.15) is 102 Å². The molecule has 3 aromatic carbocycles. The zero-order valence-electron chi connectivity index (χ0n) is 36.3. The highest BCUT2D eigenvalue weighted by atomic mass is 16.6. The third-order valence-electron chi connectivity index (χ3n) is 9.82. The van der Waals surface area contributed by atoms with Crippen LogP contribution in [0.25, 0.3) is 0 Å². The van der Waals surface area contributed by atoms with Crippen LogP contribution in [0.4, 0.5) is 9.59 Å². The SMILES string of the molecule is Cc1ccc(OCCC2CCN(C(=O)OC(C)(C)C)C2)cc1CNC(=O)C(CCc1ccccc1)NC(=O)[C@H](CCCC(=O)OC(C)(C)C)NC(=O)OCc1ccccc1. The summed E-state index contributed by atoms with van der Waals surface area (Å²) < 4.78 is 22.5. The molecule has 0 spiro atoms. The predicted octanol–water partition coefficient (Wildman–Crippen LogP) is 7.56. The zero-order valence-corrected chi connectivity index (χ0v) is 36.3. The summed E-state index contributed by atoms with van der Waals surface area (Å²) in [5.74, 6) is -0.407. The molecule has 0 radical (unpaired) electrons. The van der Waals surface area contributed by atoms with Gasteiger partial charge in [0, 0.05) is 26.1 Å². The smallest absolute Gasteiger partial charge is 0.410 e. The highest BCUT2D eigenvalue weighted by Gasteiger charge is 2.30. The second kappa shape index (κ2) is 22.7. The number of aryl methyl sites for hydroxylation is 2. The molecule has 2 unspecified atom stereocenters. The predicted molar refractivity (Wildman–Crippen MR) is 229 cm³/mol. The number of ether oxygens (including phenoxy) is 4. The number of hydrogen-bond donors (Lipinski definition) is 3. The molecule has 4 amide bonds. The van der Waals surface area contributed by atoms with Crippen LogP contribution in [0.15, 0.2) is 78.9 Å². The molecule has 4 rings (SSSR count). The molecule has 0 aromatic heterocycles. The Labute approximate surface area is 355 Å². The minimum Gasteiger partial charge on any atom is -0.494 e. The van der Waals surface area contributed by atoms with Crippen molar-refractivity contribution in [2.24, 2.45) is 5.92 Å². The van der Waals surface area contributed by atoms with Crippen LogP contribution in [-0.2, 0) is 48.2 Å². The molecule has 326 valence electrons. The maximum atomic E-state index is 13.9. The van der Waals surface area contributed by atoms with E-state index in [0.717, 1.165) is 35.1 Å². The normalized spacial score (nSPS) is 15.0. The highest BCUT2D eigenvalue weighted by molar-refractivity contribution is 5.91. The standard InChI is InChI=1S/C47H64N4O9/c1-33-21-23-38(57-28-26-35-25-27-51(31-35)45(56)60-47(5,6)7)29-37(33)30-48-42(53)40(24-22-34-15-10-8-11-16-34)49-43(54)39(19-14-20-41(52)59-46(2,3)4)50-44(55)58-32-36-17-12-9-13-18-36/h8-13,15-18,21,23,29,35,39-40H,14,19-20,22,24-28,30-32H2,1-7H3,(H,48,53)(H,49,54)(H,50,55)/t35?,39-,40?/m0/s1. The van der Waals surface area contributed by atoms with Crippen LogP contribution in [-0.4, -0.2) is 77.9 Å². The third kappa shape index (κ3) is 17.3. The Balaban J connectivity index is 1.39. The number of carbonyl (C=O) groups excluding carboxylic acids is 5. The van der Waals surface area contributed by atoms with E-state index in [-0.39, 0.29) is 44.4 Å². The molecular formula is C47H64N4O9. The van der Waals surface area contributed by atoms with Gasteiger partial charge in [-0.3, -0.25) is 14.4 Å². The van der Waals surface area contributed by atoms with Gasteiger partial charge < -0.3 is 39.8 Å². The summed E-state index contributed by atoms with van der Waals surface area (Å²) in [5, 5.41) is 8.55. The summed E-state index contributed by atoms with van der Waals surface area (Å²) in [4.78, 5) is 67.5. The second-order valence-electron chi connectivity index (χ2n) is 17.3. The molecule has 60 heavy (non-hydrogen) atoms. The van der Waals surface area contributed by atoms with E-state index in [9.17, 15) is 24.0 Å². The van der Waals surface area contributed by atoms with E-state index in [2.05, 4.69) is 16.0 Å². The number of hydrogen-bond acceptors (Lipinski definition) is 9. The van der Waals surface area contributed by atoms with E-state index >= 15 is 0 Å². The van der Waals surface area contributed by atoms with Crippen molar-refractivity contribution in [3.63, 3.8) is 0 Å². The van der Waals surface area contributed by atoms with Gasteiger partial charge in [0.25, 0.3) is 0 Å². The topological polar surface area (TPSA) is 162 Å². The largest absolute Gasteiger partial charge is 0.494 e. The van der Waals surface area contributed by atoms with Crippen LogP contribution >= 0.6 is 0 Å². The average Bonchev–Trinajstić information content (AvgIpc) is 3.67.